The maximum Gasteiger partial charge on any atom is 0.407 e. The maximum atomic E-state index is 12.0. The van der Waals surface area contributed by atoms with Gasteiger partial charge in [-0.25, -0.2) is 14.8 Å². The van der Waals surface area contributed by atoms with Crippen molar-refractivity contribution in [3.8, 4) is 0 Å². The van der Waals surface area contributed by atoms with E-state index in [1.54, 1.807) is 0 Å². The smallest absolute Gasteiger partial charge is 0.407 e. The number of anilines is 1. The van der Waals surface area contributed by atoms with Crippen LogP contribution in [0.15, 0.2) is 6.07 Å². The number of ether oxygens (including phenoxy) is 1. The van der Waals surface area contributed by atoms with Gasteiger partial charge in [-0.1, -0.05) is 6.92 Å². The lowest BCUT2D eigenvalue weighted by molar-refractivity contribution is 0.0519. The molecule has 0 bridgehead atoms. The topological polar surface area (TPSA) is 67.4 Å². The highest BCUT2D eigenvalue weighted by Crippen LogP contribution is 2.27. The third-order valence-electron chi connectivity index (χ3n) is 4.22. The minimum absolute atomic E-state index is 0.208. The molecule has 2 heterocycles. The van der Waals surface area contributed by atoms with E-state index in [1.165, 1.54) is 0 Å². The van der Waals surface area contributed by atoms with Gasteiger partial charge in [0.15, 0.2) is 0 Å². The van der Waals surface area contributed by atoms with E-state index in [-0.39, 0.29) is 12.1 Å². The van der Waals surface area contributed by atoms with Crippen molar-refractivity contribution in [1.82, 2.24) is 15.3 Å². The van der Waals surface area contributed by atoms with Gasteiger partial charge in [0.2, 0.25) is 0 Å². The summed E-state index contributed by atoms with van der Waals surface area (Å²) in [5.74, 6) is 2.20. The van der Waals surface area contributed by atoms with E-state index >= 15 is 0 Å². The zero-order valence-electron chi connectivity index (χ0n) is 15.7. The first kappa shape index (κ1) is 18.5. The summed E-state index contributed by atoms with van der Waals surface area (Å²) in [4.78, 5) is 23.2. The minimum Gasteiger partial charge on any atom is -0.444 e. The summed E-state index contributed by atoms with van der Waals surface area (Å²) < 4.78 is 5.35. The lowest BCUT2D eigenvalue weighted by atomic mass is 9.90. The fourth-order valence-electron chi connectivity index (χ4n) is 3.19. The standard InChI is InChI=1S/C18H30N4O2/c1-12-8-7-9-22(16-10-13(2)20-14(3)21-16)15(12)11-19-17(23)24-18(4,5)6/h10,12,15H,7-9,11H2,1-6H3,(H,19,23)/t12-,15-/m1/s1. The molecule has 0 radical (unpaired) electrons. The second kappa shape index (κ2) is 7.36. The molecule has 0 unspecified atom stereocenters. The van der Waals surface area contributed by atoms with E-state index in [4.69, 9.17) is 4.74 Å². The van der Waals surface area contributed by atoms with Gasteiger partial charge in [-0.15, -0.1) is 0 Å². The number of amides is 1. The summed E-state index contributed by atoms with van der Waals surface area (Å²) in [5.41, 5.74) is 0.484. The van der Waals surface area contributed by atoms with E-state index in [9.17, 15) is 4.79 Å². The summed E-state index contributed by atoms with van der Waals surface area (Å²) in [6.07, 6.45) is 1.92. The highest BCUT2D eigenvalue weighted by atomic mass is 16.6. The van der Waals surface area contributed by atoms with Gasteiger partial charge in [0.05, 0.1) is 6.04 Å². The molecule has 0 spiro atoms. The number of hydrogen-bond acceptors (Lipinski definition) is 5. The molecule has 1 fully saturated rings. The SMILES string of the molecule is Cc1cc(N2CCC[C@@H](C)[C@H]2CNC(=O)OC(C)(C)C)nc(C)n1. The molecular weight excluding hydrogens is 304 g/mol. The van der Waals surface area contributed by atoms with Gasteiger partial charge < -0.3 is 15.0 Å². The molecule has 1 amide bonds. The Morgan fingerprint density at radius 3 is 2.71 bits per heavy atom. The summed E-state index contributed by atoms with van der Waals surface area (Å²) >= 11 is 0. The van der Waals surface area contributed by atoms with E-state index in [1.807, 2.05) is 40.7 Å². The van der Waals surface area contributed by atoms with Crippen LogP contribution in [0.3, 0.4) is 0 Å². The molecule has 1 aromatic heterocycles. The zero-order valence-corrected chi connectivity index (χ0v) is 15.7. The molecule has 1 aliphatic rings. The monoisotopic (exact) mass is 334 g/mol. The van der Waals surface area contributed by atoms with Crippen LogP contribution in [0.4, 0.5) is 10.6 Å². The van der Waals surface area contributed by atoms with Crippen LogP contribution in [0.25, 0.3) is 0 Å². The molecule has 1 aliphatic heterocycles. The number of carbonyl (C=O) groups is 1. The first-order valence-corrected chi connectivity index (χ1v) is 8.71. The summed E-state index contributed by atoms with van der Waals surface area (Å²) in [6.45, 7) is 13.2. The average Bonchev–Trinajstić information content (AvgIpc) is 2.42. The van der Waals surface area contributed by atoms with Crippen LogP contribution in [0.2, 0.25) is 0 Å². The van der Waals surface area contributed by atoms with Gasteiger partial charge in [-0.3, -0.25) is 0 Å². The molecule has 134 valence electrons. The number of piperidine rings is 1. The fraction of sp³-hybridized carbons (Fsp3) is 0.722. The second-order valence-electron chi connectivity index (χ2n) is 7.68. The zero-order chi connectivity index (χ0) is 17.9. The first-order chi connectivity index (χ1) is 11.2. The number of nitrogens with one attached hydrogen (secondary N) is 1. The van der Waals surface area contributed by atoms with Crippen LogP contribution in [0.5, 0.6) is 0 Å². The molecule has 24 heavy (non-hydrogen) atoms. The number of nitrogens with zero attached hydrogens (tertiary/aromatic N) is 3. The number of hydrogen-bond donors (Lipinski definition) is 1. The Labute approximate surface area is 145 Å². The molecular formula is C18H30N4O2. The van der Waals surface area contributed by atoms with Gasteiger partial charge in [-0.05, 0) is 53.4 Å². The third-order valence-corrected chi connectivity index (χ3v) is 4.22. The minimum atomic E-state index is -0.483. The van der Waals surface area contributed by atoms with Gasteiger partial charge in [0.1, 0.15) is 17.2 Å². The Bertz CT molecular complexity index is 563. The summed E-state index contributed by atoms with van der Waals surface area (Å²) in [6, 6.07) is 2.23. The Morgan fingerprint density at radius 2 is 2.08 bits per heavy atom. The molecule has 1 aromatic rings. The van der Waals surface area contributed by atoms with E-state index in [2.05, 4.69) is 27.1 Å². The van der Waals surface area contributed by atoms with Crippen molar-refractivity contribution in [3.63, 3.8) is 0 Å². The highest BCUT2D eigenvalue weighted by molar-refractivity contribution is 5.67. The lowest BCUT2D eigenvalue weighted by Crippen LogP contribution is -2.51. The van der Waals surface area contributed by atoms with E-state index < -0.39 is 5.60 Å². The quantitative estimate of drug-likeness (QED) is 0.919. The molecule has 0 aliphatic carbocycles. The van der Waals surface area contributed by atoms with Crippen LogP contribution in [-0.4, -0.2) is 40.8 Å². The van der Waals surface area contributed by atoms with E-state index in [0.29, 0.717) is 12.5 Å². The van der Waals surface area contributed by atoms with E-state index in [0.717, 1.165) is 36.7 Å². The third kappa shape index (κ3) is 5.08. The van der Waals surface area contributed by atoms with Crippen LogP contribution in [-0.2, 0) is 4.74 Å². The normalized spacial score (nSPS) is 21.5. The van der Waals surface area contributed by atoms with Crippen molar-refractivity contribution in [2.75, 3.05) is 18.0 Å². The van der Waals surface area contributed by atoms with Crippen molar-refractivity contribution >= 4 is 11.9 Å². The largest absolute Gasteiger partial charge is 0.444 e. The Hall–Kier alpha value is -1.85. The number of rotatable bonds is 3. The van der Waals surface area contributed by atoms with Crippen LogP contribution in [0.1, 0.15) is 52.1 Å². The van der Waals surface area contributed by atoms with Crippen LogP contribution in [0, 0.1) is 19.8 Å². The molecule has 2 rings (SSSR count). The number of aromatic nitrogens is 2. The lowest BCUT2D eigenvalue weighted by Gasteiger charge is -2.41. The number of carbonyl (C=O) groups excluding carboxylic acids is 1. The predicted molar refractivity (Wildman–Crippen MR) is 95.3 cm³/mol. The Kier molecular flexibility index (Phi) is 5.67. The van der Waals surface area contributed by atoms with Crippen molar-refractivity contribution in [1.29, 1.82) is 0 Å². The number of alkyl carbamates (subject to hydrolysis) is 1. The number of aryl methyl sites for hydroxylation is 2. The summed E-state index contributed by atoms with van der Waals surface area (Å²) in [7, 11) is 0. The maximum absolute atomic E-state index is 12.0. The van der Waals surface area contributed by atoms with Crippen molar-refractivity contribution in [3.05, 3.63) is 17.6 Å². The van der Waals surface area contributed by atoms with Crippen molar-refractivity contribution < 1.29 is 9.53 Å². The fourth-order valence-corrected chi connectivity index (χ4v) is 3.19. The highest BCUT2D eigenvalue weighted by Gasteiger charge is 2.30. The Morgan fingerprint density at radius 1 is 1.38 bits per heavy atom. The predicted octanol–water partition coefficient (Wildman–Crippen LogP) is 3.22. The second-order valence-corrected chi connectivity index (χ2v) is 7.68. The van der Waals surface area contributed by atoms with Gasteiger partial charge in [0, 0.05) is 24.8 Å². The van der Waals surface area contributed by atoms with Gasteiger partial charge >= 0.3 is 6.09 Å². The molecule has 6 nitrogen and oxygen atoms in total. The first-order valence-electron chi connectivity index (χ1n) is 8.71. The van der Waals surface area contributed by atoms with Crippen LogP contribution >= 0.6 is 0 Å². The molecule has 1 saturated heterocycles. The van der Waals surface area contributed by atoms with Gasteiger partial charge in [-0.2, -0.15) is 0 Å². The molecule has 1 N–H and O–H groups in total. The average molecular weight is 334 g/mol. The van der Waals surface area contributed by atoms with Crippen molar-refractivity contribution in [2.45, 2.75) is 66.0 Å². The molecule has 0 aromatic carbocycles. The van der Waals surface area contributed by atoms with Crippen LogP contribution < -0.4 is 10.2 Å². The summed E-state index contributed by atoms with van der Waals surface area (Å²) in [5, 5.41) is 2.92. The van der Waals surface area contributed by atoms with Gasteiger partial charge in [0.25, 0.3) is 0 Å². The molecule has 0 saturated carbocycles. The molecule has 6 heteroatoms. The Balaban J connectivity index is 2.10. The molecule has 2 atom stereocenters. The van der Waals surface area contributed by atoms with Crippen molar-refractivity contribution in [2.24, 2.45) is 5.92 Å².